The van der Waals surface area contributed by atoms with Crippen LogP contribution in [0.15, 0.2) is 24.3 Å². The second-order valence-electron chi connectivity index (χ2n) is 9.58. The average Bonchev–Trinajstić information content (AvgIpc) is 3.48. The van der Waals surface area contributed by atoms with Gasteiger partial charge in [-0.15, -0.1) is 23.7 Å². The van der Waals surface area contributed by atoms with Crippen LogP contribution in [-0.2, 0) is 17.8 Å². The van der Waals surface area contributed by atoms with Gasteiger partial charge in [0.1, 0.15) is 5.69 Å². The molecule has 3 heterocycles. The van der Waals surface area contributed by atoms with Crippen molar-refractivity contribution in [3.63, 3.8) is 0 Å². The molecule has 0 bridgehead atoms. The zero-order chi connectivity index (χ0) is 25.4. The molecule has 0 radical (unpaired) electrons. The van der Waals surface area contributed by atoms with Crippen LogP contribution < -0.4 is 16.0 Å². The van der Waals surface area contributed by atoms with Crippen LogP contribution in [0.3, 0.4) is 0 Å². The molecule has 1 fully saturated rings. The summed E-state index contributed by atoms with van der Waals surface area (Å²) in [6, 6.07) is 6.43. The normalized spacial score (nSPS) is 21.5. The van der Waals surface area contributed by atoms with Gasteiger partial charge in [0.05, 0.1) is 11.7 Å². The number of rotatable bonds is 5. The molecule has 3 amide bonds. The number of fused-ring (bicyclic) bond motifs is 2. The van der Waals surface area contributed by atoms with Gasteiger partial charge >= 0.3 is 0 Å². The van der Waals surface area contributed by atoms with E-state index in [1.165, 1.54) is 11.3 Å². The van der Waals surface area contributed by atoms with E-state index in [0.717, 1.165) is 41.0 Å². The maximum Gasteiger partial charge on any atom is 0.280 e. The molecular formula is C25H30Cl2N6O3S. The van der Waals surface area contributed by atoms with Crippen LogP contribution >= 0.6 is 35.3 Å². The summed E-state index contributed by atoms with van der Waals surface area (Å²) in [6.45, 7) is 1.71. The van der Waals surface area contributed by atoms with E-state index in [2.05, 4.69) is 37.9 Å². The monoisotopic (exact) mass is 564 g/mol. The van der Waals surface area contributed by atoms with Crippen molar-refractivity contribution in [2.45, 2.75) is 44.3 Å². The van der Waals surface area contributed by atoms with Crippen molar-refractivity contribution in [1.82, 2.24) is 30.8 Å². The summed E-state index contributed by atoms with van der Waals surface area (Å²) < 4.78 is 0. The van der Waals surface area contributed by atoms with Gasteiger partial charge in [0.25, 0.3) is 11.8 Å². The number of halogens is 2. The lowest BCUT2D eigenvalue weighted by Gasteiger charge is -2.36. The highest BCUT2D eigenvalue weighted by molar-refractivity contribution is 7.13. The van der Waals surface area contributed by atoms with Gasteiger partial charge in [-0.1, -0.05) is 11.6 Å². The third-order valence-electron chi connectivity index (χ3n) is 7.04. The summed E-state index contributed by atoms with van der Waals surface area (Å²) >= 11 is 7.49. The molecule has 0 saturated heterocycles. The van der Waals surface area contributed by atoms with Crippen molar-refractivity contribution < 1.29 is 14.4 Å². The van der Waals surface area contributed by atoms with Crippen LogP contribution in [0.1, 0.15) is 50.1 Å². The fraction of sp³-hybridized carbons (Fsp3) is 0.440. The minimum Gasteiger partial charge on any atom is -0.359 e. The van der Waals surface area contributed by atoms with Crippen molar-refractivity contribution >= 4 is 64.0 Å². The number of thiazole rings is 1. The predicted molar refractivity (Wildman–Crippen MR) is 147 cm³/mol. The number of H-pyrrole nitrogens is 1. The number of hydrogen-bond acceptors (Lipinski definition) is 6. The average molecular weight is 566 g/mol. The van der Waals surface area contributed by atoms with Crippen LogP contribution in [0.4, 0.5) is 0 Å². The largest absolute Gasteiger partial charge is 0.359 e. The van der Waals surface area contributed by atoms with E-state index in [9.17, 15) is 14.4 Å². The summed E-state index contributed by atoms with van der Waals surface area (Å²) in [4.78, 5) is 49.7. The Labute approximate surface area is 230 Å². The fourth-order valence-electron chi connectivity index (χ4n) is 5.07. The van der Waals surface area contributed by atoms with Crippen molar-refractivity contribution in [3.8, 4) is 0 Å². The Balaban J connectivity index is 0.00000320. The zero-order valence-electron chi connectivity index (χ0n) is 20.6. The maximum atomic E-state index is 13.2. The summed E-state index contributed by atoms with van der Waals surface area (Å²) in [5.41, 5.74) is 2.22. The molecule has 2 aliphatic rings. The number of carbonyl (C=O) groups excluding carboxylic acids is 3. The first-order valence-corrected chi connectivity index (χ1v) is 13.3. The van der Waals surface area contributed by atoms with Crippen LogP contribution in [0, 0.1) is 5.92 Å². The first kappa shape index (κ1) is 27.4. The van der Waals surface area contributed by atoms with Crippen LogP contribution in [0.5, 0.6) is 0 Å². The Morgan fingerprint density at radius 3 is 2.70 bits per heavy atom. The van der Waals surface area contributed by atoms with Gasteiger partial charge in [0, 0.05) is 59.3 Å². The second kappa shape index (κ2) is 11.4. The minimum absolute atomic E-state index is 0. The quantitative estimate of drug-likeness (QED) is 0.379. The molecule has 37 heavy (non-hydrogen) atoms. The Morgan fingerprint density at radius 1 is 1.14 bits per heavy atom. The molecule has 12 heteroatoms. The standard InChI is InChI=1S/C25H29ClN6O3S.ClH/c1-27-22(33)13-3-5-17(29-23(34)20-11-14-9-15(26)4-6-16(14)28-20)19(10-13)30-24(35)25-31-18-7-8-32(2)12-21(18)36-25;/h4,6,9,11,13,17,19,28H,3,5,7-8,10,12H2,1-2H3,(H,27,33)(H,29,34)(H,30,35);1H/t13-,17-,19+;/m1./s1. The van der Waals surface area contributed by atoms with E-state index >= 15 is 0 Å². The number of nitrogens with zero attached hydrogens (tertiary/aromatic N) is 2. The second-order valence-corrected chi connectivity index (χ2v) is 11.1. The summed E-state index contributed by atoms with van der Waals surface area (Å²) in [5.74, 6) is -0.821. The number of amides is 3. The van der Waals surface area contributed by atoms with Gasteiger partial charge in [0.15, 0.2) is 5.01 Å². The van der Waals surface area contributed by atoms with E-state index in [1.54, 1.807) is 25.2 Å². The minimum atomic E-state index is -0.403. The van der Waals surface area contributed by atoms with Gasteiger partial charge < -0.3 is 25.8 Å². The maximum absolute atomic E-state index is 13.2. The predicted octanol–water partition coefficient (Wildman–Crippen LogP) is 3.13. The van der Waals surface area contributed by atoms with Gasteiger partial charge in [-0.3, -0.25) is 14.4 Å². The van der Waals surface area contributed by atoms with E-state index in [1.807, 2.05) is 6.07 Å². The van der Waals surface area contributed by atoms with Gasteiger partial charge in [-0.2, -0.15) is 0 Å². The number of nitrogens with one attached hydrogen (secondary N) is 4. The number of aromatic amines is 1. The van der Waals surface area contributed by atoms with E-state index < -0.39 is 6.04 Å². The molecule has 0 spiro atoms. The van der Waals surface area contributed by atoms with Crippen LogP contribution in [0.2, 0.25) is 5.02 Å². The molecule has 2 aromatic heterocycles. The van der Waals surface area contributed by atoms with Gasteiger partial charge in [0.2, 0.25) is 5.91 Å². The lowest BCUT2D eigenvalue weighted by atomic mass is 9.81. The van der Waals surface area contributed by atoms with Gasteiger partial charge in [-0.25, -0.2) is 4.98 Å². The molecule has 1 aromatic carbocycles. The molecule has 3 aromatic rings. The van der Waals surface area contributed by atoms with E-state index in [4.69, 9.17) is 11.6 Å². The van der Waals surface area contributed by atoms with Crippen LogP contribution in [0.25, 0.3) is 10.9 Å². The first-order chi connectivity index (χ1) is 17.3. The smallest absolute Gasteiger partial charge is 0.280 e. The molecule has 5 rings (SSSR count). The Kier molecular flexibility index (Phi) is 8.42. The molecule has 1 aliphatic heterocycles. The molecule has 0 unspecified atom stereocenters. The summed E-state index contributed by atoms with van der Waals surface area (Å²) in [6.07, 6.45) is 2.45. The lowest BCUT2D eigenvalue weighted by molar-refractivity contribution is -0.125. The first-order valence-electron chi connectivity index (χ1n) is 12.1. The number of aromatic nitrogens is 2. The highest BCUT2D eigenvalue weighted by atomic mass is 35.5. The van der Waals surface area contributed by atoms with Crippen molar-refractivity contribution in [2.75, 3.05) is 20.6 Å². The number of carbonyl (C=O) groups is 3. The van der Waals surface area contributed by atoms with E-state index in [-0.39, 0.29) is 42.1 Å². The molecular weight excluding hydrogens is 535 g/mol. The summed E-state index contributed by atoms with van der Waals surface area (Å²) in [7, 11) is 3.67. The third-order valence-corrected chi connectivity index (χ3v) is 8.36. The SMILES string of the molecule is CNC(=O)[C@@H]1CC[C@@H](NC(=O)c2cc3cc(Cl)ccc3[nH]2)[C@@H](NC(=O)c2nc3c(s2)CN(C)CC3)C1.Cl. The summed E-state index contributed by atoms with van der Waals surface area (Å²) in [5, 5.41) is 10.7. The lowest BCUT2D eigenvalue weighted by Crippen LogP contribution is -2.55. The highest BCUT2D eigenvalue weighted by Crippen LogP contribution is 2.28. The molecule has 198 valence electrons. The van der Waals surface area contributed by atoms with Crippen molar-refractivity contribution in [2.24, 2.45) is 5.92 Å². The zero-order valence-corrected chi connectivity index (χ0v) is 23.0. The Morgan fingerprint density at radius 2 is 1.92 bits per heavy atom. The molecule has 4 N–H and O–H groups in total. The molecule has 9 nitrogen and oxygen atoms in total. The number of hydrogen-bond donors (Lipinski definition) is 4. The van der Waals surface area contributed by atoms with Gasteiger partial charge in [-0.05, 0) is 50.6 Å². The Bertz CT molecular complexity index is 1320. The number of likely N-dealkylation sites (N-methyl/N-ethyl adjacent to an activating group) is 1. The van der Waals surface area contributed by atoms with Crippen LogP contribution in [-0.4, -0.2) is 65.3 Å². The molecule has 3 atom stereocenters. The fourth-order valence-corrected chi connectivity index (χ4v) is 6.34. The van der Waals surface area contributed by atoms with Crippen molar-refractivity contribution in [1.29, 1.82) is 0 Å². The number of benzene rings is 1. The van der Waals surface area contributed by atoms with E-state index in [0.29, 0.717) is 35.0 Å². The third kappa shape index (κ3) is 5.93. The Hall–Kier alpha value is -2.66. The molecule has 1 saturated carbocycles. The molecule has 1 aliphatic carbocycles. The van der Waals surface area contributed by atoms with Crippen molar-refractivity contribution in [3.05, 3.63) is 50.6 Å². The topological polar surface area (TPSA) is 119 Å². The highest BCUT2D eigenvalue weighted by Gasteiger charge is 2.36.